The summed E-state index contributed by atoms with van der Waals surface area (Å²) in [4.78, 5) is 11.4. The Hall–Kier alpha value is -1.39. The molecule has 0 bridgehead atoms. The Labute approximate surface area is 75.9 Å². The van der Waals surface area contributed by atoms with Gasteiger partial charge in [-0.05, 0) is 11.8 Å². The van der Waals surface area contributed by atoms with Gasteiger partial charge in [-0.1, -0.05) is 13.8 Å². The van der Waals surface area contributed by atoms with Crippen molar-refractivity contribution < 1.29 is 4.79 Å². The second kappa shape index (κ2) is 2.55. The molecule has 2 N–H and O–H groups in total. The third-order valence-electron chi connectivity index (χ3n) is 2.47. The molecule has 0 radical (unpaired) electrons. The smallest absolute Gasteiger partial charge is 0.273 e. The van der Waals surface area contributed by atoms with Crippen LogP contribution in [0.2, 0.25) is 0 Å². The normalized spacial score (nSPS) is 24.0. The van der Waals surface area contributed by atoms with Gasteiger partial charge < -0.3 is 5.32 Å². The van der Waals surface area contributed by atoms with Crippen LogP contribution in [0.1, 0.15) is 30.8 Å². The van der Waals surface area contributed by atoms with Gasteiger partial charge in [0, 0.05) is 6.04 Å². The van der Waals surface area contributed by atoms with Crippen LogP contribution in [0.3, 0.4) is 0 Å². The van der Waals surface area contributed by atoms with Crippen molar-refractivity contribution in [1.82, 2.24) is 20.7 Å². The molecule has 0 aliphatic heterocycles. The van der Waals surface area contributed by atoms with Crippen molar-refractivity contribution in [1.29, 1.82) is 0 Å². The Morgan fingerprint density at radius 3 is 2.92 bits per heavy atom. The highest BCUT2D eigenvalue weighted by Gasteiger charge is 2.46. The molecule has 0 aromatic carbocycles. The molecule has 1 fully saturated rings. The highest BCUT2D eigenvalue weighted by Crippen LogP contribution is 2.44. The fourth-order valence-corrected chi connectivity index (χ4v) is 1.26. The van der Waals surface area contributed by atoms with Crippen LogP contribution in [0.5, 0.6) is 0 Å². The number of carbonyl (C=O) groups is 1. The summed E-state index contributed by atoms with van der Waals surface area (Å²) in [6.07, 6.45) is 2.46. The van der Waals surface area contributed by atoms with E-state index in [1.807, 2.05) is 0 Å². The summed E-state index contributed by atoms with van der Waals surface area (Å²) in [6.45, 7) is 4.25. The van der Waals surface area contributed by atoms with Crippen LogP contribution in [-0.4, -0.2) is 27.4 Å². The monoisotopic (exact) mass is 180 g/mol. The number of amides is 1. The SMILES string of the molecule is CC1(C)CC1NC(=O)c1cn[nH]n1. The van der Waals surface area contributed by atoms with Crippen molar-refractivity contribution in [3.8, 4) is 0 Å². The molecular formula is C8H12N4O. The van der Waals surface area contributed by atoms with Crippen LogP contribution in [0.4, 0.5) is 0 Å². The van der Waals surface area contributed by atoms with E-state index in [0.29, 0.717) is 5.69 Å². The van der Waals surface area contributed by atoms with Crippen LogP contribution in [0.15, 0.2) is 6.20 Å². The van der Waals surface area contributed by atoms with Crippen molar-refractivity contribution in [3.63, 3.8) is 0 Å². The standard InChI is InChI=1S/C8H12N4O/c1-8(2)3-6(8)10-7(13)5-4-9-12-11-5/h4,6H,3H2,1-2H3,(H,10,13)(H,9,11,12). The Morgan fingerprint density at radius 2 is 2.46 bits per heavy atom. The minimum atomic E-state index is -0.149. The van der Waals surface area contributed by atoms with Crippen LogP contribution in [-0.2, 0) is 0 Å². The average molecular weight is 180 g/mol. The van der Waals surface area contributed by atoms with Gasteiger partial charge in [0.2, 0.25) is 0 Å². The molecule has 1 heterocycles. The molecule has 2 rings (SSSR count). The highest BCUT2D eigenvalue weighted by atomic mass is 16.2. The Bertz CT molecular complexity index is 317. The second-order valence-corrected chi connectivity index (χ2v) is 4.07. The number of hydrogen-bond donors (Lipinski definition) is 2. The molecule has 1 unspecified atom stereocenters. The molecular weight excluding hydrogens is 168 g/mol. The summed E-state index contributed by atoms with van der Waals surface area (Å²) in [5.74, 6) is -0.149. The summed E-state index contributed by atoms with van der Waals surface area (Å²) >= 11 is 0. The van der Waals surface area contributed by atoms with Gasteiger partial charge in [-0.25, -0.2) is 0 Å². The zero-order valence-corrected chi connectivity index (χ0v) is 7.66. The predicted octanol–water partition coefficient (Wildman–Crippen LogP) is 0.333. The first-order valence-electron chi connectivity index (χ1n) is 4.26. The second-order valence-electron chi connectivity index (χ2n) is 4.07. The van der Waals surface area contributed by atoms with E-state index in [1.54, 1.807) is 0 Å². The number of nitrogens with zero attached hydrogens (tertiary/aromatic N) is 2. The van der Waals surface area contributed by atoms with E-state index in [4.69, 9.17) is 0 Å². The lowest BCUT2D eigenvalue weighted by Gasteiger charge is -2.03. The lowest BCUT2D eigenvalue weighted by molar-refractivity contribution is 0.0941. The number of rotatable bonds is 2. The van der Waals surface area contributed by atoms with E-state index in [9.17, 15) is 4.79 Å². The van der Waals surface area contributed by atoms with Gasteiger partial charge >= 0.3 is 0 Å². The molecule has 0 saturated heterocycles. The fraction of sp³-hybridized carbons (Fsp3) is 0.625. The van der Waals surface area contributed by atoms with E-state index >= 15 is 0 Å². The molecule has 1 aliphatic rings. The van der Waals surface area contributed by atoms with Crippen molar-refractivity contribution in [2.75, 3.05) is 0 Å². The Kier molecular flexibility index (Phi) is 1.61. The minimum Gasteiger partial charge on any atom is -0.347 e. The topological polar surface area (TPSA) is 70.7 Å². The fourth-order valence-electron chi connectivity index (χ4n) is 1.26. The molecule has 1 aromatic heterocycles. The van der Waals surface area contributed by atoms with E-state index in [1.165, 1.54) is 6.20 Å². The van der Waals surface area contributed by atoms with Crippen LogP contribution in [0, 0.1) is 5.41 Å². The third kappa shape index (κ3) is 1.54. The van der Waals surface area contributed by atoms with Crippen LogP contribution in [0.25, 0.3) is 0 Å². The predicted molar refractivity (Wildman–Crippen MR) is 46.0 cm³/mol. The van der Waals surface area contributed by atoms with Gasteiger partial charge in [-0.15, -0.1) is 0 Å². The van der Waals surface area contributed by atoms with Crippen LogP contribution >= 0.6 is 0 Å². The number of carbonyl (C=O) groups excluding carboxylic acids is 1. The van der Waals surface area contributed by atoms with Gasteiger partial charge in [-0.2, -0.15) is 15.4 Å². The maximum absolute atomic E-state index is 11.4. The first kappa shape index (κ1) is 8.22. The Balaban J connectivity index is 1.94. The molecule has 1 aromatic rings. The molecule has 5 nitrogen and oxygen atoms in total. The molecule has 0 spiro atoms. The summed E-state index contributed by atoms with van der Waals surface area (Å²) < 4.78 is 0. The maximum atomic E-state index is 11.4. The molecule has 13 heavy (non-hydrogen) atoms. The van der Waals surface area contributed by atoms with Gasteiger partial charge in [-0.3, -0.25) is 4.79 Å². The number of nitrogens with one attached hydrogen (secondary N) is 2. The first-order chi connectivity index (χ1) is 6.09. The first-order valence-corrected chi connectivity index (χ1v) is 4.26. The molecule has 70 valence electrons. The van der Waals surface area contributed by atoms with Crippen molar-refractivity contribution in [3.05, 3.63) is 11.9 Å². The van der Waals surface area contributed by atoms with Gasteiger partial charge in [0.15, 0.2) is 5.69 Å². The summed E-state index contributed by atoms with van der Waals surface area (Å²) in [6, 6.07) is 0.289. The zero-order valence-electron chi connectivity index (χ0n) is 7.66. The van der Waals surface area contributed by atoms with Gasteiger partial charge in [0.05, 0.1) is 6.20 Å². The van der Waals surface area contributed by atoms with Gasteiger partial charge in [0.1, 0.15) is 0 Å². The van der Waals surface area contributed by atoms with E-state index in [0.717, 1.165) is 6.42 Å². The third-order valence-corrected chi connectivity index (χ3v) is 2.47. The quantitative estimate of drug-likeness (QED) is 0.689. The van der Waals surface area contributed by atoms with Crippen molar-refractivity contribution in [2.45, 2.75) is 26.3 Å². The average Bonchev–Trinajstić information content (AvgIpc) is 2.58. The minimum absolute atomic E-state index is 0.149. The van der Waals surface area contributed by atoms with Crippen LogP contribution < -0.4 is 5.32 Å². The lowest BCUT2D eigenvalue weighted by atomic mass is 10.2. The summed E-state index contributed by atoms with van der Waals surface area (Å²) in [7, 11) is 0. The molecule has 5 heteroatoms. The molecule has 1 aliphatic carbocycles. The summed E-state index contributed by atoms with van der Waals surface area (Å²) in [5.41, 5.74) is 0.599. The highest BCUT2D eigenvalue weighted by molar-refractivity contribution is 5.92. The largest absolute Gasteiger partial charge is 0.347 e. The van der Waals surface area contributed by atoms with Gasteiger partial charge in [0.25, 0.3) is 5.91 Å². The number of aromatic nitrogens is 3. The lowest BCUT2D eigenvalue weighted by Crippen LogP contribution is -2.28. The van der Waals surface area contributed by atoms with Crippen molar-refractivity contribution >= 4 is 5.91 Å². The summed E-state index contributed by atoms with van der Waals surface area (Å²) in [5, 5.41) is 12.6. The maximum Gasteiger partial charge on any atom is 0.273 e. The van der Waals surface area contributed by atoms with Crippen molar-refractivity contribution in [2.24, 2.45) is 5.41 Å². The van der Waals surface area contributed by atoms with E-state index in [-0.39, 0.29) is 17.4 Å². The molecule has 1 atom stereocenters. The van der Waals surface area contributed by atoms with E-state index in [2.05, 4.69) is 34.6 Å². The zero-order chi connectivity index (χ0) is 9.47. The number of hydrogen-bond acceptors (Lipinski definition) is 3. The molecule has 1 saturated carbocycles. The number of aromatic amines is 1. The Morgan fingerprint density at radius 1 is 1.77 bits per heavy atom. The molecule has 1 amide bonds. The number of H-pyrrole nitrogens is 1. The van der Waals surface area contributed by atoms with E-state index < -0.39 is 0 Å².